The highest BCUT2D eigenvalue weighted by atomic mass is 35.5. The molecule has 4 aromatic carbocycles. The van der Waals surface area contributed by atoms with Crippen molar-refractivity contribution in [1.82, 2.24) is 9.97 Å². The predicted octanol–water partition coefficient (Wildman–Crippen LogP) is 8.69. The standard InChI is InChI=1S/C39H22Cl2N2O7/c40-27-13-26(38(46)47)37(41)36(35(27)39(48)49)34-24-11-22(20-9-18-5-1-3-7-28(18)42-16-20)30(44)14-32(24)50-33-15-31(45)23(12-25(33)34)21-10-19-6-2-4-8-29(19)43-17-21/h1-17,39,44,48-49H,(H,46,47). The van der Waals surface area contributed by atoms with E-state index in [-0.39, 0.29) is 55.0 Å². The number of carboxylic acid groups (broad SMARTS) is 1. The normalized spacial score (nSPS) is 11.7. The molecule has 2 aliphatic rings. The van der Waals surface area contributed by atoms with Gasteiger partial charge in [-0.15, -0.1) is 0 Å². The summed E-state index contributed by atoms with van der Waals surface area (Å²) in [7, 11) is 0. The summed E-state index contributed by atoms with van der Waals surface area (Å²) >= 11 is 13.4. The van der Waals surface area contributed by atoms with Crippen LogP contribution in [0.25, 0.3) is 77.5 Å². The summed E-state index contributed by atoms with van der Waals surface area (Å²) in [5, 5.41) is 44.0. The number of carbonyl (C=O) groups is 1. The van der Waals surface area contributed by atoms with E-state index in [1.54, 1.807) is 24.5 Å². The van der Waals surface area contributed by atoms with Crippen LogP contribution in [0.5, 0.6) is 5.75 Å². The molecule has 6 aromatic rings. The van der Waals surface area contributed by atoms with Crippen LogP contribution in [0.4, 0.5) is 0 Å². The van der Waals surface area contributed by atoms with Crippen LogP contribution >= 0.6 is 23.2 Å². The Morgan fingerprint density at radius 1 is 0.740 bits per heavy atom. The zero-order valence-corrected chi connectivity index (χ0v) is 27.1. The highest BCUT2D eigenvalue weighted by molar-refractivity contribution is 6.39. The van der Waals surface area contributed by atoms with Crippen molar-refractivity contribution in [2.24, 2.45) is 0 Å². The fraction of sp³-hybridized carbons (Fsp3) is 0.0256. The summed E-state index contributed by atoms with van der Waals surface area (Å²) < 4.78 is 6.23. The number of carboxylic acids is 1. The Bertz CT molecular complexity index is 2740. The lowest BCUT2D eigenvalue weighted by Crippen LogP contribution is -2.09. The summed E-state index contributed by atoms with van der Waals surface area (Å²) in [6.45, 7) is 0. The largest absolute Gasteiger partial charge is 0.507 e. The lowest BCUT2D eigenvalue weighted by atomic mass is 9.87. The van der Waals surface area contributed by atoms with E-state index in [1.165, 1.54) is 12.1 Å². The molecule has 2 aromatic heterocycles. The highest BCUT2D eigenvalue weighted by Crippen LogP contribution is 2.50. The van der Waals surface area contributed by atoms with E-state index in [0.29, 0.717) is 22.1 Å². The smallest absolute Gasteiger partial charge is 0.337 e. The molecule has 0 spiro atoms. The van der Waals surface area contributed by atoms with Crippen molar-refractivity contribution >= 4 is 61.9 Å². The van der Waals surface area contributed by atoms with Crippen molar-refractivity contribution in [3.8, 4) is 50.5 Å². The van der Waals surface area contributed by atoms with Gasteiger partial charge in [0.05, 0.1) is 26.6 Å². The topological polar surface area (TPSA) is 154 Å². The molecule has 0 bridgehead atoms. The Labute approximate surface area is 292 Å². The number of phenolic OH excluding ortho intramolecular Hbond substituents is 1. The number of para-hydroxylation sites is 2. The van der Waals surface area contributed by atoms with Crippen LogP contribution in [-0.4, -0.2) is 36.4 Å². The van der Waals surface area contributed by atoms with E-state index in [9.17, 15) is 30.0 Å². The van der Waals surface area contributed by atoms with E-state index in [1.807, 2.05) is 60.7 Å². The molecule has 0 fully saturated rings. The Hall–Kier alpha value is -5.84. The van der Waals surface area contributed by atoms with Crippen LogP contribution in [0.15, 0.2) is 113 Å². The quantitative estimate of drug-likeness (QED) is 0.102. The summed E-state index contributed by atoms with van der Waals surface area (Å²) in [6, 6.07) is 25.4. The molecule has 4 N–H and O–H groups in total. The maximum atomic E-state index is 13.7. The molecule has 0 saturated carbocycles. The van der Waals surface area contributed by atoms with Crippen LogP contribution < -0.4 is 5.43 Å². The van der Waals surface area contributed by atoms with Gasteiger partial charge in [0.1, 0.15) is 17.1 Å². The maximum absolute atomic E-state index is 13.7. The molecule has 244 valence electrons. The van der Waals surface area contributed by atoms with Crippen LogP contribution in [0.3, 0.4) is 0 Å². The van der Waals surface area contributed by atoms with Crippen molar-refractivity contribution in [1.29, 1.82) is 0 Å². The van der Waals surface area contributed by atoms with Gasteiger partial charge >= 0.3 is 5.97 Å². The second-order valence-electron chi connectivity index (χ2n) is 11.7. The summed E-state index contributed by atoms with van der Waals surface area (Å²) in [5.74, 6) is -1.52. The number of rotatable bonds is 5. The van der Waals surface area contributed by atoms with Crippen LogP contribution in [0, 0.1) is 0 Å². The van der Waals surface area contributed by atoms with Crippen LogP contribution in [0.1, 0.15) is 22.2 Å². The minimum atomic E-state index is -2.19. The number of phenols is 1. The first-order valence-corrected chi connectivity index (χ1v) is 15.9. The molecule has 0 atom stereocenters. The number of fused-ring (bicyclic) bond motifs is 4. The third-order valence-corrected chi connectivity index (χ3v) is 9.44. The third-order valence-electron chi connectivity index (χ3n) is 8.73. The van der Waals surface area contributed by atoms with Gasteiger partial charge in [0, 0.05) is 85.2 Å². The Morgan fingerprint density at radius 3 is 1.98 bits per heavy atom. The first-order valence-electron chi connectivity index (χ1n) is 15.2. The van der Waals surface area contributed by atoms with Crippen LogP contribution in [-0.2, 0) is 0 Å². The van der Waals surface area contributed by atoms with E-state index < -0.39 is 23.3 Å². The van der Waals surface area contributed by atoms with Gasteiger partial charge in [0.2, 0.25) is 0 Å². The van der Waals surface area contributed by atoms with Gasteiger partial charge in [-0.1, -0.05) is 59.6 Å². The number of benzene rings is 5. The fourth-order valence-corrected chi connectivity index (χ4v) is 7.04. The molecule has 1 aliphatic carbocycles. The molecule has 3 heterocycles. The lowest BCUT2D eigenvalue weighted by Gasteiger charge is -2.22. The lowest BCUT2D eigenvalue weighted by molar-refractivity contribution is -0.0419. The number of hydrogen-bond acceptors (Lipinski definition) is 8. The number of aromatic nitrogens is 2. The van der Waals surface area contributed by atoms with Gasteiger partial charge in [-0.2, -0.15) is 0 Å². The van der Waals surface area contributed by atoms with Crippen molar-refractivity contribution in [3.63, 3.8) is 0 Å². The molecule has 0 unspecified atom stereocenters. The molecule has 0 radical (unpaired) electrons. The molecule has 50 heavy (non-hydrogen) atoms. The molecule has 0 saturated heterocycles. The minimum Gasteiger partial charge on any atom is -0.507 e. The number of aliphatic hydroxyl groups excluding tert-OH is 1. The molecule has 8 rings (SSSR count). The van der Waals surface area contributed by atoms with Gasteiger partial charge < -0.3 is 24.8 Å². The Kier molecular flexibility index (Phi) is 7.50. The zero-order valence-electron chi connectivity index (χ0n) is 25.6. The maximum Gasteiger partial charge on any atom is 0.337 e. The average Bonchev–Trinajstić information content (AvgIpc) is 3.10. The van der Waals surface area contributed by atoms with Crippen LogP contribution in [0.2, 0.25) is 10.0 Å². The first-order chi connectivity index (χ1) is 24.1. The van der Waals surface area contributed by atoms with Crippen molar-refractivity contribution in [2.75, 3.05) is 0 Å². The predicted molar refractivity (Wildman–Crippen MR) is 192 cm³/mol. The second-order valence-corrected chi connectivity index (χ2v) is 12.5. The molecule has 11 heteroatoms. The van der Waals surface area contributed by atoms with Crippen molar-refractivity contribution in [3.05, 3.63) is 135 Å². The average molecular weight is 702 g/mol. The monoisotopic (exact) mass is 700 g/mol. The van der Waals surface area contributed by atoms with E-state index in [4.69, 9.17) is 27.6 Å². The van der Waals surface area contributed by atoms with E-state index in [0.717, 1.165) is 27.9 Å². The Balaban J connectivity index is 1.52. The number of aromatic hydroxyl groups is 1. The highest BCUT2D eigenvalue weighted by Gasteiger charge is 2.30. The summed E-state index contributed by atoms with van der Waals surface area (Å²) in [4.78, 5) is 35.1. The number of aliphatic hydroxyl groups is 2. The number of halogens is 2. The number of hydrogen-bond donors (Lipinski definition) is 4. The first kappa shape index (κ1) is 31.4. The molecular formula is C39H22Cl2N2O7. The van der Waals surface area contributed by atoms with Gasteiger partial charge in [0.25, 0.3) is 0 Å². The summed E-state index contributed by atoms with van der Waals surface area (Å²) in [6.07, 6.45) is 0.987. The SMILES string of the molecule is O=C(O)c1cc(Cl)c(C(O)O)c(-c2c3cc(-c4cnc5ccccc5c4)c(=O)cc-3oc3cc(O)c(-c4cnc5ccccc5c4)cc23)c1Cl. The zero-order chi connectivity index (χ0) is 34.8. The fourth-order valence-electron chi connectivity index (χ4n) is 6.41. The van der Waals surface area contributed by atoms with Gasteiger partial charge in [-0.25, -0.2) is 4.79 Å². The summed E-state index contributed by atoms with van der Waals surface area (Å²) in [5.41, 5.74) is 2.50. The molecular weight excluding hydrogens is 679 g/mol. The second kappa shape index (κ2) is 11.9. The molecule has 0 amide bonds. The minimum absolute atomic E-state index is 0.0563. The van der Waals surface area contributed by atoms with Gasteiger partial charge in [-0.3, -0.25) is 14.8 Å². The van der Waals surface area contributed by atoms with E-state index >= 15 is 0 Å². The van der Waals surface area contributed by atoms with Gasteiger partial charge in [-0.05, 0) is 42.5 Å². The number of pyridine rings is 2. The van der Waals surface area contributed by atoms with Crippen molar-refractivity contribution in [2.45, 2.75) is 6.29 Å². The molecule has 1 aliphatic heterocycles. The van der Waals surface area contributed by atoms with Crippen molar-refractivity contribution < 1.29 is 29.6 Å². The third kappa shape index (κ3) is 5.12. The van der Waals surface area contributed by atoms with Gasteiger partial charge in [0.15, 0.2) is 11.7 Å². The Morgan fingerprint density at radius 2 is 1.36 bits per heavy atom. The van der Waals surface area contributed by atoms with E-state index in [2.05, 4.69) is 9.97 Å². The number of aromatic carboxylic acids is 1. The number of nitrogens with zero attached hydrogens (tertiary/aromatic N) is 2. The molecule has 9 nitrogen and oxygen atoms in total.